The number of likely N-dealkylation sites (tertiary alicyclic amines) is 1. The highest BCUT2D eigenvalue weighted by atomic mass is 16.2. The van der Waals surface area contributed by atoms with Crippen LogP contribution in [0.1, 0.15) is 44.7 Å². The molecule has 0 spiro atoms. The number of rotatable bonds is 3. The van der Waals surface area contributed by atoms with Gasteiger partial charge in [-0.05, 0) is 50.5 Å². The fraction of sp³-hybridized carbons (Fsp3) is 0.333. The molecule has 0 radical (unpaired) electrons. The van der Waals surface area contributed by atoms with Gasteiger partial charge in [0.1, 0.15) is 0 Å². The predicted octanol–water partition coefficient (Wildman–Crippen LogP) is 3.34. The number of carbonyl (C=O) groups excluding carboxylic acids is 2. The number of aryl methyl sites for hydroxylation is 2. The lowest BCUT2D eigenvalue weighted by molar-refractivity contribution is 0.0698. The van der Waals surface area contributed by atoms with Crippen LogP contribution in [0, 0.1) is 13.8 Å². The lowest BCUT2D eigenvalue weighted by atomic mass is 10.0. The Labute approximate surface area is 148 Å². The minimum Gasteiger partial charge on any atom is -0.349 e. The van der Waals surface area contributed by atoms with E-state index in [2.05, 4.69) is 5.32 Å². The number of nitrogens with one attached hydrogen (secondary N) is 1. The molecule has 1 aliphatic rings. The summed E-state index contributed by atoms with van der Waals surface area (Å²) in [6, 6.07) is 15.4. The number of amides is 2. The molecular formula is C21H24N2O2. The number of piperidine rings is 1. The predicted molar refractivity (Wildman–Crippen MR) is 98.7 cm³/mol. The Hall–Kier alpha value is -2.62. The van der Waals surface area contributed by atoms with E-state index in [1.807, 2.05) is 67.3 Å². The molecule has 1 saturated heterocycles. The van der Waals surface area contributed by atoms with E-state index in [1.54, 1.807) is 0 Å². The van der Waals surface area contributed by atoms with Crippen LogP contribution in [0.4, 0.5) is 0 Å². The van der Waals surface area contributed by atoms with Crippen molar-refractivity contribution in [2.24, 2.45) is 0 Å². The van der Waals surface area contributed by atoms with E-state index in [-0.39, 0.29) is 17.9 Å². The first-order valence-electron chi connectivity index (χ1n) is 8.77. The van der Waals surface area contributed by atoms with Crippen molar-refractivity contribution in [2.45, 2.75) is 32.7 Å². The van der Waals surface area contributed by atoms with E-state index >= 15 is 0 Å². The maximum atomic E-state index is 12.6. The molecular weight excluding hydrogens is 312 g/mol. The molecule has 0 aromatic heterocycles. The van der Waals surface area contributed by atoms with Crippen molar-refractivity contribution in [1.82, 2.24) is 10.2 Å². The van der Waals surface area contributed by atoms with Gasteiger partial charge in [-0.2, -0.15) is 0 Å². The van der Waals surface area contributed by atoms with Crippen LogP contribution < -0.4 is 5.32 Å². The molecule has 1 N–H and O–H groups in total. The summed E-state index contributed by atoms with van der Waals surface area (Å²) >= 11 is 0. The Bertz CT molecular complexity index is 777. The molecule has 1 heterocycles. The topological polar surface area (TPSA) is 49.4 Å². The monoisotopic (exact) mass is 336 g/mol. The quantitative estimate of drug-likeness (QED) is 0.934. The Morgan fingerprint density at radius 1 is 1.00 bits per heavy atom. The average molecular weight is 336 g/mol. The third-order valence-corrected chi connectivity index (χ3v) is 4.77. The first-order valence-corrected chi connectivity index (χ1v) is 8.77. The molecule has 130 valence electrons. The first-order chi connectivity index (χ1) is 12.0. The Morgan fingerprint density at radius 3 is 2.40 bits per heavy atom. The SMILES string of the molecule is Cc1cccc(C(=O)N2CCC(NC(=O)c3ccccc3C)CC2)c1. The molecule has 2 aromatic carbocycles. The van der Waals surface area contributed by atoms with Gasteiger partial charge in [-0.15, -0.1) is 0 Å². The smallest absolute Gasteiger partial charge is 0.253 e. The van der Waals surface area contributed by atoms with Gasteiger partial charge in [0.25, 0.3) is 11.8 Å². The molecule has 4 nitrogen and oxygen atoms in total. The van der Waals surface area contributed by atoms with Crippen LogP contribution in [-0.2, 0) is 0 Å². The number of hydrogen-bond acceptors (Lipinski definition) is 2. The Balaban J connectivity index is 1.56. The lowest BCUT2D eigenvalue weighted by Crippen LogP contribution is -2.46. The summed E-state index contributed by atoms with van der Waals surface area (Å²) in [4.78, 5) is 26.9. The van der Waals surface area contributed by atoms with Crippen molar-refractivity contribution in [1.29, 1.82) is 0 Å². The van der Waals surface area contributed by atoms with Crippen molar-refractivity contribution in [2.75, 3.05) is 13.1 Å². The molecule has 0 atom stereocenters. The number of carbonyl (C=O) groups is 2. The highest BCUT2D eigenvalue weighted by molar-refractivity contribution is 5.96. The summed E-state index contributed by atoms with van der Waals surface area (Å²) in [6.07, 6.45) is 1.57. The second-order valence-electron chi connectivity index (χ2n) is 6.72. The van der Waals surface area contributed by atoms with Crippen LogP contribution in [0.3, 0.4) is 0 Å². The molecule has 0 saturated carbocycles. The van der Waals surface area contributed by atoms with Gasteiger partial charge >= 0.3 is 0 Å². The molecule has 2 amide bonds. The first kappa shape index (κ1) is 17.2. The van der Waals surface area contributed by atoms with Crippen LogP contribution in [0.25, 0.3) is 0 Å². The van der Waals surface area contributed by atoms with E-state index < -0.39 is 0 Å². The molecule has 0 bridgehead atoms. The Morgan fingerprint density at radius 2 is 1.72 bits per heavy atom. The largest absolute Gasteiger partial charge is 0.349 e. The van der Waals surface area contributed by atoms with Gasteiger partial charge in [-0.1, -0.05) is 35.9 Å². The standard InChI is InChI=1S/C21H24N2O2/c1-15-6-5-8-17(14-15)21(25)23-12-10-18(11-13-23)22-20(24)19-9-4-3-7-16(19)2/h3-9,14,18H,10-13H2,1-2H3,(H,22,24). The summed E-state index contributed by atoms with van der Waals surface area (Å²) in [5.41, 5.74) is 3.53. The molecule has 3 rings (SSSR count). The Kier molecular flexibility index (Phi) is 5.17. The van der Waals surface area contributed by atoms with Crippen molar-refractivity contribution >= 4 is 11.8 Å². The zero-order valence-electron chi connectivity index (χ0n) is 14.8. The summed E-state index contributed by atoms with van der Waals surface area (Å²) < 4.78 is 0. The maximum absolute atomic E-state index is 12.6. The van der Waals surface area contributed by atoms with Gasteiger partial charge in [0.15, 0.2) is 0 Å². The molecule has 25 heavy (non-hydrogen) atoms. The van der Waals surface area contributed by atoms with E-state index in [4.69, 9.17) is 0 Å². The maximum Gasteiger partial charge on any atom is 0.253 e. The summed E-state index contributed by atoms with van der Waals surface area (Å²) in [6.45, 7) is 5.28. The molecule has 0 aliphatic carbocycles. The third kappa shape index (κ3) is 4.08. The van der Waals surface area contributed by atoms with E-state index in [0.29, 0.717) is 13.1 Å². The third-order valence-electron chi connectivity index (χ3n) is 4.77. The van der Waals surface area contributed by atoms with E-state index in [1.165, 1.54) is 0 Å². The van der Waals surface area contributed by atoms with Crippen LogP contribution in [0.5, 0.6) is 0 Å². The molecule has 1 fully saturated rings. The van der Waals surface area contributed by atoms with Gasteiger partial charge in [0.05, 0.1) is 0 Å². The second-order valence-corrected chi connectivity index (χ2v) is 6.72. The van der Waals surface area contributed by atoms with Crippen LogP contribution in [0.15, 0.2) is 48.5 Å². The van der Waals surface area contributed by atoms with Crippen molar-refractivity contribution in [3.63, 3.8) is 0 Å². The molecule has 2 aromatic rings. The fourth-order valence-corrected chi connectivity index (χ4v) is 3.28. The van der Waals surface area contributed by atoms with E-state index in [0.717, 1.165) is 35.1 Å². The molecule has 4 heteroatoms. The minimum atomic E-state index is -0.0263. The van der Waals surface area contributed by atoms with Gasteiger partial charge in [0, 0.05) is 30.3 Å². The summed E-state index contributed by atoms with van der Waals surface area (Å²) in [5.74, 6) is 0.0499. The van der Waals surface area contributed by atoms with Crippen LogP contribution in [-0.4, -0.2) is 35.8 Å². The van der Waals surface area contributed by atoms with E-state index in [9.17, 15) is 9.59 Å². The number of nitrogens with zero attached hydrogens (tertiary/aromatic N) is 1. The molecule has 1 aliphatic heterocycles. The summed E-state index contributed by atoms with van der Waals surface area (Å²) in [5, 5.41) is 3.11. The second kappa shape index (κ2) is 7.51. The highest BCUT2D eigenvalue weighted by Crippen LogP contribution is 2.16. The zero-order chi connectivity index (χ0) is 17.8. The fourth-order valence-electron chi connectivity index (χ4n) is 3.28. The van der Waals surface area contributed by atoms with Gasteiger partial charge in [-0.25, -0.2) is 0 Å². The normalized spacial score (nSPS) is 15.0. The van der Waals surface area contributed by atoms with Gasteiger partial charge < -0.3 is 10.2 Å². The van der Waals surface area contributed by atoms with Crippen molar-refractivity contribution in [3.8, 4) is 0 Å². The van der Waals surface area contributed by atoms with Crippen molar-refractivity contribution in [3.05, 3.63) is 70.8 Å². The highest BCUT2D eigenvalue weighted by Gasteiger charge is 2.25. The average Bonchev–Trinajstić information content (AvgIpc) is 2.62. The zero-order valence-corrected chi connectivity index (χ0v) is 14.8. The minimum absolute atomic E-state index is 0.0263. The number of hydrogen-bond donors (Lipinski definition) is 1. The van der Waals surface area contributed by atoms with Crippen LogP contribution >= 0.6 is 0 Å². The summed E-state index contributed by atoms with van der Waals surface area (Å²) in [7, 11) is 0. The molecule has 0 unspecified atom stereocenters. The van der Waals surface area contributed by atoms with Crippen LogP contribution in [0.2, 0.25) is 0 Å². The van der Waals surface area contributed by atoms with Gasteiger partial charge in [0.2, 0.25) is 0 Å². The lowest BCUT2D eigenvalue weighted by Gasteiger charge is -2.32. The van der Waals surface area contributed by atoms with Gasteiger partial charge in [-0.3, -0.25) is 9.59 Å². The number of benzene rings is 2. The van der Waals surface area contributed by atoms with Crippen molar-refractivity contribution < 1.29 is 9.59 Å².